The average molecular weight is 423 g/mol. The molecule has 0 fully saturated rings. The minimum absolute atomic E-state index is 0.717. The topological polar surface area (TPSA) is 70.5 Å². The predicted molar refractivity (Wildman–Crippen MR) is 133 cm³/mol. The molecule has 0 amide bonds. The highest BCUT2D eigenvalue weighted by atomic mass is 16.5. The number of nitrogen functional groups attached to an aromatic ring is 2. The van der Waals surface area contributed by atoms with Gasteiger partial charge in [0.2, 0.25) is 0 Å². The largest absolute Gasteiger partial charge is 0.457 e. The van der Waals surface area contributed by atoms with Crippen molar-refractivity contribution in [2.24, 2.45) is 0 Å². The van der Waals surface area contributed by atoms with Crippen molar-refractivity contribution in [3.05, 3.63) is 108 Å². The Kier molecular flexibility index (Phi) is 6.42. The van der Waals surface area contributed by atoms with E-state index in [0.717, 1.165) is 46.4 Å². The quantitative estimate of drug-likeness (QED) is 0.241. The Labute approximate surface area is 188 Å². The van der Waals surface area contributed by atoms with Crippen LogP contribution in [0.5, 0.6) is 23.0 Å². The lowest BCUT2D eigenvalue weighted by atomic mass is 10.0. The predicted octanol–water partition coefficient (Wildman–Crippen LogP) is 7.39. The molecule has 4 aromatic carbocycles. The van der Waals surface area contributed by atoms with Crippen LogP contribution < -0.4 is 20.9 Å². The van der Waals surface area contributed by atoms with Crippen molar-refractivity contribution in [2.45, 2.75) is 13.3 Å². The first-order valence-electron chi connectivity index (χ1n) is 10.6. The molecule has 0 aromatic heterocycles. The van der Waals surface area contributed by atoms with Crippen molar-refractivity contribution in [3.8, 4) is 23.0 Å². The molecule has 4 nitrogen and oxygen atoms in total. The Morgan fingerprint density at radius 3 is 1.38 bits per heavy atom. The van der Waals surface area contributed by atoms with Gasteiger partial charge in [0.05, 0.1) is 0 Å². The van der Waals surface area contributed by atoms with Gasteiger partial charge in [-0.1, -0.05) is 37.3 Å². The molecule has 0 atom stereocenters. The Balaban J connectivity index is 1.44. The van der Waals surface area contributed by atoms with Crippen LogP contribution in [0.25, 0.3) is 11.6 Å². The molecule has 0 heterocycles. The number of allylic oxidation sites excluding steroid dienone is 1. The van der Waals surface area contributed by atoms with E-state index in [1.54, 1.807) is 0 Å². The summed E-state index contributed by atoms with van der Waals surface area (Å²) in [6.45, 7) is 2.16. The van der Waals surface area contributed by atoms with Crippen LogP contribution in [0.2, 0.25) is 0 Å². The minimum atomic E-state index is 0.717. The number of ether oxygens (including phenoxy) is 2. The van der Waals surface area contributed by atoms with Gasteiger partial charge in [0.25, 0.3) is 0 Å². The van der Waals surface area contributed by atoms with Crippen LogP contribution in [0.15, 0.2) is 97.1 Å². The van der Waals surface area contributed by atoms with E-state index in [4.69, 9.17) is 20.9 Å². The summed E-state index contributed by atoms with van der Waals surface area (Å²) >= 11 is 0. The molecule has 0 saturated heterocycles. The molecule has 4 rings (SSSR count). The van der Waals surface area contributed by atoms with Crippen molar-refractivity contribution in [3.63, 3.8) is 0 Å². The van der Waals surface area contributed by atoms with Gasteiger partial charge in [-0.2, -0.15) is 0 Å². The molecule has 160 valence electrons. The van der Waals surface area contributed by atoms with Crippen LogP contribution in [0, 0.1) is 0 Å². The summed E-state index contributed by atoms with van der Waals surface area (Å²) in [6, 6.07) is 30.9. The van der Waals surface area contributed by atoms with Crippen LogP contribution in [-0.4, -0.2) is 0 Å². The van der Waals surface area contributed by atoms with Crippen molar-refractivity contribution in [1.82, 2.24) is 0 Å². The Hall–Kier alpha value is -4.18. The maximum absolute atomic E-state index is 5.89. The third kappa shape index (κ3) is 5.49. The third-order valence-corrected chi connectivity index (χ3v) is 5.06. The summed E-state index contributed by atoms with van der Waals surface area (Å²) in [4.78, 5) is 0. The zero-order chi connectivity index (χ0) is 22.3. The first kappa shape index (κ1) is 21.1. The maximum Gasteiger partial charge on any atom is 0.127 e. The highest BCUT2D eigenvalue weighted by molar-refractivity contribution is 5.81. The normalized spacial score (nSPS) is 11.2. The first-order valence-corrected chi connectivity index (χ1v) is 10.6. The summed E-state index contributed by atoms with van der Waals surface area (Å²) in [5, 5.41) is 0. The number of rotatable bonds is 7. The van der Waals surface area contributed by atoms with Gasteiger partial charge in [-0.05, 0) is 95.9 Å². The van der Waals surface area contributed by atoms with Crippen molar-refractivity contribution in [2.75, 3.05) is 11.5 Å². The van der Waals surface area contributed by atoms with Gasteiger partial charge < -0.3 is 20.9 Å². The van der Waals surface area contributed by atoms with Gasteiger partial charge in [-0.3, -0.25) is 0 Å². The molecule has 4 N–H and O–H groups in total. The number of hydrogen-bond acceptors (Lipinski definition) is 4. The molecule has 0 aliphatic rings. The van der Waals surface area contributed by atoms with E-state index >= 15 is 0 Å². The van der Waals surface area contributed by atoms with E-state index in [-0.39, 0.29) is 0 Å². The summed E-state index contributed by atoms with van der Waals surface area (Å²) in [5.41, 5.74) is 16.4. The van der Waals surface area contributed by atoms with Gasteiger partial charge in [-0.25, -0.2) is 0 Å². The van der Waals surface area contributed by atoms with Gasteiger partial charge >= 0.3 is 0 Å². The fourth-order valence-electron chi connectivity index (χ4n) is 3.30. The van der Waals surface area contributed by atoms with Crippen molar-refractivity contribution in [1.29, 1.82) is 0 Å². The molecule has 0 bridgehead atoms. The third-order valence-electron chi connectivity index (χ3n) is 5.06. The summed E-state index contributed by atoms with van der Waals surface area (Å²) < 4.78 is 11.8. The van der Waals surface area contributed by atoms with Crippen LogP contribution >= 0.6 is 0 Å². The molecule has 0 unspecified atom stereocenters. The van der Waals surface area contributed by atoms with Crippen LogP contribution in [-0.2, 0) is 0 Å². The standard InChI is InChI=1S/C28H26N2O2/c1-2-21(22-5-13-26(14-6-22)32-28-17-9-24(30)10-18-28)19-20-3-11-25(12-4-20)31-27-15-7-23(29)8-16-27/h3-19H,2,29-30H2,1H3. The van der Waals surface area contributed by atoms with E-state index in [0.29, 0.717) is 0 Å². The number of anilines is 2. The molecule has 0 saturated carbocycles. The Bertz CT molecular complexity index is 1180. The second-order valence-corrected chi connectivity index (χ2v) is 7.46. The zero-order valence-corrected chi connectivity index (χ0v) is 18.0. The fourth-order valence-corrected chi connectivity index (χ4v) is 3.30. The Morgan fingerprint density at radius 1 is 0.594 bits per heavy atom. The van der Waals surface area contributed by atoms with E-state index in [9.17, 15) is 0 Å². The highest BCUT2D eigenvalue weighted by Gasteiger charge is 2.03. The Morgan fingerprint density at radius 2 is 0.969 bits per heavy atom. The van der Waals surface area contributed by atoms with Crippen molar-refractivity contribution < 1.29 is 9.47 Å². The lowest BCUT2D eigenvalue weighted by molar-refractivity contribution is 0.482. The monoisotopic (exact) mass is 422 g/mol. The molecule has 0 spiro atoms. The van der Waals surface area contributed by atoms with Crippen molar-refractivity contribution >= 4 is 23.0 Å². The highest BCUT2D eigenvalue weighted by Crippen LogP contribution is 2.28. The van der Waals surface area contributed by atoms with E-state index in [1.165, 1.54) is 11.1 Å². The lowest BCUT2D eigenvalue weighted by Gasteiger charge is -2.10. The molecule has 32 heavy (non-hydrogen) atoms. The average Bonchev–Trinajstić information content (AvgIpc) is 2.82. The fraction of sp³-hybridized carbons (Fsp3) is 0.0714. The van der Waals surface area contributed by atoms with Gasteiger partial charge in [0.1, 0.15) is 23.0 Å². The van der Waals surface area contributed by atoms with E-state index < -0.39 is 0 Å². The van der Waals surface area contributed by atoms with Crippen LogP contribution in [0.3, 0.4) is 0 Å². The molecular weight excluding hydrogens is 396 g/mol. The molecule has 0 radical (unpaired) electrons. The van der Waals surface area contributed by atoms with E-state index in [2.05, 4.69) is 37.3 Å². The number of hydrogen-bond donors (Lipinski definition) is 2. The smallest absolute Gasteiger partial charge is 0.127 e. The van der Waals surface area contributed by atoms with E-state index in [1.807, 2.05) is 72.8 Å². The second kappa shape index (κ2) is 9.75. The molecule has 0 aliphatic carbocycles. The first-order chi connectivity index (χ1) is 15.6. The van der Waals surface area contributed by atoms with Gasteiger partial charge in [0.15, 0.2) is 0 Å². The summed E-state index contributed by atoms with van der Waals surface area (Å²) in [7, 11) is 0. The van der Waals surface area contributed by atoms with Gasteiger partial charge in [-0.15, -0.1) is 0 Å². The maximum atomic E-state index is 5.89. The van der Waals surface area contributed by atoms with Gasteiger partial charge in [0, 0.05) is 11.4 Å². The van der Waals surface area contributed by atoms with Crippen LogP contribution in [0.4, 0.5) is 11.4 Å². The zero-order valence-electron chi connectivity index (χ0n) is 18.0. The minimum Gasteiger partial charge on any atom is -0.457 e. The number of nitrogens with two attached hydrogens (primary N) is 2. The molecule has 4 aromatic rings. The molecule has 4 heteroatoms. The second-order valence-electron chi connectivity index (χ2n) is 7.46. The SMILES string of the molecule is CCC(=Cc1ccc(Oc2ccc(N)cc2)cc1)c1ccc(Oc2ccc(N)cc2)cc1. The van der Waals surface area contributed by atoms with Crippen LogP contribution in [0.1, 0.15) is 24.5 Å². The molecule has 0 aliphatic heterocycles. The summed E-state index contributed by atoms with van der Waals surface area (Å²) in [5.74, 6) is 3.10. The molecular formula is C28H26N2O2. The summed E-state index contributed by atoms with van der Waals surface area (Å²) in [6.07, 6.45) is 3.12. The lowest BCUT2D eigenvalue weighted by Crippen LogP contribution is -1.88. The number of benzene rings is 4.